The Morgan fingerprint density at radius 1 is 1.19 bits per heavy atom. The first-order valence-corrected chi connectivity index (χ1v) is 13.2. The van der Waals surface area contributed by atoms with Crippen LogP contribution in [0.5, 0.6) is 5.75 Å². The molecule has 0 unspecified atom stereocenters. The molecule has 8 nitrogen and oxygen atoms in total. The van der Waals surface area contributed by atoms with Crippen molar-refractivity contribution in [1.82, 2.24) is 14.8 Å². The molecule has 0 aliphatic rings. The zero-order valence-electron chi connectivity index (χ0n) is 20.5. The van der Waals surface area contributed by atoms with Gasteiger partial charge in [-0.1, -0.05) is 47.6 Å². The summed E-state index contributed by atoms with van der Waals surface area (Å²) in [5.74, 6) is 1.28. The Morgan fingerprint density at radius 3 is 2.61 bits per heavy atom. The van der Waals surface area contributed by atoms with Crippen LogP contribution in [0, 0.1) is 0 Å². The van der Waals surface area contributed by atoms with Crippen LogP contribution in [0.2, 0.25) is 0 Å². The van der Waals surface area contributed by atoms with Gasteiger partial charge in [-0.05, 0) is 60.9 Å². The Labute approximate surface area is 223 Å². The van der Waals surface area contributed by atoms with Gasteiger partial charge < -0.3 is 14.8 Å². The number of benzene rings is 2. The Morgan fingerprint density at radius 2 is 1.94 bits per heavy atom. The topological polar surface area (TPSA) is 95.3 Å². The van der Waals surface area contributed by atoms with Gasteiger partial charge in [0.1, 0.15) is 12.4 Å². The number of rotatable bonds is 12. The molecule has 2 aromatic carbocycles. The number of ether oxygens (including phenoxy) is 2. The van der Waals surface area contributed by atoms with Crippen molar-refractivity contribution in [2.24, 2.45) is 0 Å². The summed E-state index contributed by atoms with van der Waals surface area (Å²) in [6.45, 7) is 10.8. The van der Waals surface area contributed by atoms with Crippen LogP contribution < -0.4 is 10.1 Å². The van der Waals surface area contributed by atoms with Crippen LogP contribution >= 0.6 is 27.7 Å². The summed E-state index contributed by atoms with van der Waals surface area (Å²) in [5, 5.41) is 12.0. The van der Waals surface area contributed by atoms with Gasteiger partial charge in [0.25, 0.3) is 0 Å². The lowest BCUT2D eigenvalue weighted by Crippen LogP contribution is -2.15. The van der Waals surface area contributed by atoms with Crippen LogP contribution in [0.4, 0.5) is 5.69 Å². The van der Waals surface area contributed by atoms with E-state index in [-0.39, 0.29) is 18.3 Å². The predicted octanol–water partition coefficient (Wildman–Crippen LogP) is 5.84. The Balaban J connectivity index is 1.61. The molecule has 3 rings (SSSR count). The molecule has 0 aliphatic carbocycles. The number of carbonyl (C=O) groups is 2. The summed E-state index contributed by atoms with van der Waals surface area (Å²) in [4.78, 5) is 24.3. The van der Waals surface area contributed by atoms with E-state index >= 15 is 0 Å². The van der Waals surface area contributed by atoms with Crippen molar-refractivity contribution in [2.45, 2.75) is 45.0 Å². The molecule has 0 atom stereocenters. The van der Waals surface area contributed by atoms with E-state index in [0.717, 1.165) is 15.8 Å². The predicted molar refractivity (Wildman–Crippen MR) is 145 cm³/mol. The van der Waals surface area contributed by atoms with Gasteiger partial charge in [-0.15, -0.1) is 16.8 Å². The van der Waals surface area contributed by atoms with E-state index in [0.29, 0.717) is 41.3 Å². The van der Waals surface area contributed by atoms with Crippen molar-refractivity contribution in [3.8, 4) is 5.75 Å². The van der Waals surface area contributed by atoms with Gasteiger partial charge in [-0.3, -0.25) is 9.36 Å². The van der Waals surface area contributed by atoms with Gasteiger partial charge >= 0.3 is 5.97 Å². The third-order valence-corrected chi connectivity index (χ3v) is 6.53. The Kier molecular flexibility index (Phi) is 10.1. The quantitative estimate of drug-likeness (QED) is 0.165. The third kappa shape index (κ3) is 7.44. The highest BCUT2D eigenvalue weighted by molar-refractivity contribution is 9.10. The van der Waals surface area contributed by atoms with E-state index in [1.54, 1.807) is 37.3 Å². The van der Waals surface area contributed by atoms with Crippen LogP contribution in [-0.2, 0) is 22.7 Å². The molecule has 36 heavy (non-hydrogen) atoms. The van der Waals surface area contributed by atoms with Crippen molar-refractivity contribution in [3.05, 3.63) is 76.5 Å². The monoisotopic (exact) mass is 572 g/mol. The van der Waals surface area contributed by atoms with Gasteiger partial charge in [-0.2, -0.15) is 0 Å². The highest BCUT2D eigenvalue weighted by Crippen LogP contribution is 2.30. The minimum atomic E-state index is -0.396. The molecule has 1 amide bonds. The second-order valence-corrected chi connectivity index (χ2v) is 9.92. The smallest absolute Gasteiger partial charge is 0.338 e. The molecule has 0 fully saturated rings. The minimum absolute atomic E-state index is 0.139. The summed E-state index contributed by atoms with van der Waals surface area (Å²) in [6.07, 6.45) is 1.75. The van der Waals surface area contributed by atoms with Crippen LogP contribution in [-0.4, -0.2) is 39.0 Å². The molecule has 10 heteroatoms. The Bertz CT molecular complexity index is 1210. The van der Waals surface area contributed by atoms with E-state index in [4.69, 9.17) is 9.47 Å². The molecule has 0 radical (unpaired) electrons. The fourth-order valence-corrected chi connectivity index (χ4v) is 4.47. The number of halogens is 1. The largest absolute Gasteiger partial charge is 0.485 e. The normalized spacial score (nSPS) is 10.8. The average Bonchev–Trinajstić information content (AvgIpc) is 3.24. The van der Waals surface area contributed by atoms with E-state index in [2.05, 4.69) is 57.9 Å². The van der Waals surface area contributed by atoms with E-state index in [1.807, 2.05) is 16.7 Å². The number of anilines is 1. The first-order chi connectivity index (χ1) is 17.3. The number of amides is 1. The zero-order chi connectivity index (χ0) is 26.1. The van der Waals surface area contributed by atoms with Gasteiger partial charge in [-0.25, -0.2) is 4.79 Å². The standard InChI is InChI=1S/C26H29BrN4O4S/c1-5-13-31-23(15-35-22-12-9-19(27)14-21(22)17(3)4)29-30-26(31)36-16-24(32)28-20-10-7-18(8-11-20)25(33)34-6-2/h5,7-12,14,17H,1,6,13,15-16H2,2-4H3,(H,28,32). The number of allylic oxidation sites excluding steroid dienone is 1. The van der Waals surface area contributed by atoms with Crippen molar-refractivity contribution in [1.29, 1.82) is 0 Å². The molecule has 190 valence electrons. The molecule has 0 aliphatic heterocycles. The molecular formula is C26H29BrN4O4S. The number of hydrogen-bond acceptors (Lipinski definition) is 7. The molecule has 1 N–H and O–H groups in total. The number of nitrogens with zero attached hydrogens (tertiary/aromatic N) is 3. The van der Waals surface area contributed by atoms with E-state index in [1.165, 1.54) is 11.8 Å². The molecule has 0 bridgehead atoms. The maximum absolute atomic E-state index is 12.5. The summed E-state index contributed by atoms with van der Waals surface area (Å²) in [5.41, 5.74) is 2.12. The summed E-state index contributed by atoms with van der Waals surface area (Å²) in [6, 6.07) is 12.5. The minimum Gasteiger partial charge on any atom is -0.485 e. The molecule has 1 heterocycles. The molecule has 0 spiro atoms. The second kappa shape index (κ2) is 13.3. The number of aromatic nitrogens is 3. The second-order valence-electron chi connectivity index (χ2n) is 8.06. The number of thioether (sulfide) groups is 1. The maximum atomic E-state index is 12.5. The molecule has 0 saturated carbocycles. The number of carbonyl (C=O) groups excluding carboxylic acids is 2. The van der Waals surface area contributed by atoms with Crippen LogP contribution in [0.15, 0.2) is 64.7 Å². The molecule has 1 aromatic heterocycles. The average molecular weight is 574 g/mol. The number of nitrogens with one attached hydrogen (secondary N) is 1. The Hall–Kier alpha value is -3.11. The van der Waals surface area contributed by atoms with Crippen LogP contribution in [0.3, 0.4) is 0 Å². The SMILES string of the molecule is C=CCn1c(COc2ccc(Br)cc2C(C)C)nnc1SCC(=O)Nc1ccc(C(=O)OCC)cc1. The van der Waals surface area contributed by atoms with Crippen molar-refractivity contribution in [2.75, 3.05) is 17.7 Å². The van der Waals surface area contributed by atoms with Crippen LogP contribution in [0.25, 0.3) is 0 Å². The van der Waals surface area contributed by atoms with Crippen LogP contribution in [0.1, 0.15) is 48.4 Å². The lowest BCUT2D eigenvalue weighted by molar-refractivity contribution is -0.113. The highest BCUT2D eigenvalue weighted by Gasteiger charge is 2.16. The van der Waals surface area contributed by atoms with Crippen molar-refractivity contribution < 1.29 is 19.1 Å². The lowest BCUT2D eigenvalue weighted by Gasteiger charge is -2.15. The van der Waals surface area contributed by atoms with Gasteiger partial charge in [0, 0.05) is 16.7 Å². The summed E-state index contributed by atoms with van der Waals surface area (Å²) in [7, 11) is 0. The van der Waals surface area contributed by atoms with Gasteiger partial charge in [0.15, 0.2) is 11.0 Å². The van der Waals surface area contributed by atoms with Gasteiger partial charge in [0.05, 0.1) is 17.9 Å². The fourth-order valence-electron chi connectivity index (χ4n) is 3.32. The van der Waals surface area contributed by atoms with E-state index < -0.39 is 5.97 Å². The first-order valence-electron chi connectivity index (χ1n) is 11.5. The first kappa shape index (κ1) is 27.5. The van der Waals surface area contributed by atoms with Gasteiger partial charge in [0.2, 0.25) is 5.91 Å². The van der Waals surface area contributed by atoms with E-state index in [9.17, 15) is 9.59 Å². The summed E-state index contributed by atoms with van der Waals surface area (Å²) >= 11 is 4.79. The van der Waals surface area contributed by atoms with Crippen molar-refractivity contribution >= 4 is 45.3 Å². The highest BCUT2D eigenvalue weighted by atomic mass is 79.9. The fraction of sp³-hybridized carbons (Fsp3) is 0.308. The maximum Gasteiger partial charge on any atom is 0.338 e. The number of hydrogen-bond donors (Lipinski definition) is 1. The molecular weight excluding hydrogens is 544 g/mol. The number of esters is 1. The zero-order valence-corrected chi connectivity index (χ0v) is 22.9. The molecule has 3 aromatic rings. The van der Waals surface area contributed by atoms with Crippen molar-refractivity contribution in [3.63, 3.8) is 0 Å². The summed E-state index contributed by atoms with van der Waals surface area (Å²) < 4.78 is 13.9. The molecule has 0 saturated heterocycles. The lowest BCUT2D eigenvalue weighted by atomic mass is 10.0. The third-order valence-electron chi connectivity index (χ3n) is 5.07.